The predicted molar refractivity (Wildman–Crippen MR) is 46.8 cm³/mol. The summed E-state index contributed by atoms with van der Waals surface area (Å²) in [6.07, 6.45) is 2.13. The second-order valence-corrected chi connectivity index (χ2v) is 3.34. The third kappa shape index (κ3) is 3.22. The maximum Gasteiger partial charge on any atom is 0.223 e. The summed E-state index contributed by atoms with van der Waals surface area (Å²) in [5.41, 5.74) is 0. The molecule has 1 aliphatic rings. The number of hydrogen-bond donors (Lipinski definition) is 1. The number of ether oxygens (including phenoxy) is 1. The van der Waals surface area contributed by atoms with Crippen molar-refractivity contribution in [1.29, 1.82) is 0 Å². The van der Waals surface area contributed by atoms with Gasteiger partial charge in [0.1, 0.15) is 0 Å². The van der Waals surface area contributed by atoms with E-state index in [2.05, 4.69) is 5.32 Å². The monoisotopic (exact) mass is 171 g/mol. The van der Waals surface area contributed by atoms with E-state index in [-0.39, 0.29) is 11.9 Å². The molecule has 0 heterocycles. The minimum atomic E-state index is 0.151. The zero-order valence-corrected chi connectivity index (χ0v) is 7.80. The fourth-order valence-corrected chi connectivity index (χ4v) is 1.04. The molecule has 0 bridgehead atoms. The van der Waals surface area contributed by atoms with E-state index in [1.54, 1.807) is 0 Å². The van der Waals surface area contributed by atoms with Gasteiger partial charge in [0.25, 0.3) is 0 Å². The van der Waals surface area contributed by atoms with Crippen molar-refractivity contribution < 1.29 is 9.53 Å². The van der Waals surface area contributed by atoms with E-state index in [9.17, 15) is 4.79 Å². The third-order valence-electron chi connectivity index (χ3n) is 1.91. The van der Waals surface area contributed by atoms with Crippen molar-refractivity contribution in [3.05, 3.63) is 0 Å². The predicted octanol–water partition coefficient (Wildman–Crippen LogP) is 0.938. The first kappa shape index (κ1) is 9.52. The number of amides is 1. The van der Waals surface area contributed by atoms with Crippen LogP contribution >= 0.6 is 0 Å². The molecule has 1 unspecified atom stereocenters. The first-order valence-electron chi connectivity index (χ1n) is 4.62. The second-order valence-electron chi connectivity index (χ2n) is 3.34. The molecule has 0 saturated heterocycles. The van der Waals surface area contributed by atoms with Crippen LogP contribution in [0.3, 0.4) is 0 Å². The molecule has 0 aromatic carbocycles. The number of carbonyl (C=O) groups is 1. The van der Waals surface area contributed by atoms with Crippen molar-refractivity contribution in [3.8, 4) is 0 Å². The highest BCUT2D eigenvalue weighted by Crippen LogP contribution is 2.28. The van der Waals surface area contributed by atoms with Crippen LogP contribution in [0.4, 0.5) is 0 Å². The molecule has 1 fully saturated rings. The van der Waals surface area contributed by atoms with Gasteiger partial charge in [-0.2, -0.15) is 0 Å². The average molecular weight is 171 g/mol. The van der Waals surface area contributed by atoms with Gasteiger partial charge in [-0.1, -0.05) is 0 Å². The molecule has 1 N–H and O–H groups in total. The van der Waals surface area contributed by atoms with Crippen LogP contribution in [-0.2, 0) is 9.53 Å². The normalized spacial score (nSPS) is 18.8. The van der Waals surface area contributed by atoms with Gasteiger partial charge in [-0.3, -0.25) is 4.79 Å². The van der Waals surface area contributed by atoms with Crippen LogP contribution in [0.15, 0.2) is 0 Å². The Morgan fingerprint density at radius 2 is 2.33 bits per heavy atom. The molecule has 1 atom stereocenters. The molecule has 0 aromatic rings. The summed E-state index contributed by atoms with van der Waals surface area (Å²) in [6, 6.07) is 0.151. The third-order valence-corrected chi connectivity index (χ3v) is 1.91. The molecule has 70 valence electrons. The van der Waals surface area contributed by atoms with Gasteiger partial charge in [0, 0.05) is 18.6 Å². The van der Waals surface area contributed by atoms with E-state index in [4.69, 9.17) is 4.74 Å². The zero-order chi connectivity index (χ0) is 8.97. The Kier molecular flexibility index (Phi) is 3.53. The summed E-state index contributed by atoms with van der Waals surface area (Å²) in [5.74, 6) is 0.497. The summed E-state index contributed by atoms with van der Waals surface area (Å²) in [6.45, 7) is 5.25. The van der Waals surface area contributed by atoms with Crippen LogP contribution in [-0.4, -0.2) is 25.2 Å². The molecule has 1 rings (SSSR count). The van der Waals surface area contributed by atoms with Gasteiger partial charge in [-0.15, -0.1) is 0 Å². The lowest BCUT2D eigenvalue weighted by atomic mass is 10.3. The summed E-state index contributed by atoms with van der Waals surface area (Å²) < 4.78 is 5.18. The molecule has 0 spiro atoms. The summed E-state index contributed by atoms with van der Waals surface area (Å²) in [5, 5.41) is 2.91. The van der Waals surface area contributed by atoms with Gasteiger partial charge < -0.3 is 10.1 Å². The van der Waals surface area contributed by atoms with Crippen LogP contribution in [0.2, 0.25) is 0 Å². The minimum Gasteiger partial charge on any atom is -0.380 e. The molecule has 0 radical (unpaired) electrons. The molecule has 3 heteroatoms. The lowest BCUT2D eigenvalue weighted by Gasteiger charge is -2.12. The maximum absolute atomic E-state index is 11.2. The van der Waals surface area contributed by atoms with Crippen LogP contribution in [0.1, 0.15) is 26.7 Å². The molecular formula is C9H17NO2. The number of nitrogens with one attached hydrogen (secondary N) is 1. The van der Waals surface area contributed by atoms with Gasteiger partial charge in [-0.25, -0.2) is 0 Å². The van der Waals surface area contributed by atoms with Crippen LogP contribution in [0.5, 0.6) is 0 Å². The molecular weight excluding hydrogens is 154 g/mol. The smallest absolute Gasteiger partial charge is 0.223 e. The molecule has 1 amide bonds. The summed E-state index contributed by atoms with van der Waals surface area (Å²) in [7, 11) is 0. The largest absolute Gasteiger partial charge is 0.380 e. The van der Waals surface area contributed by atoms with Crippen molar-refractivity contribution in [2.45, 2.75) is 32.7 Å². The van der Waals surface area contributed by atoms with Crippen molar-refractivity contribution >= 4 is 5.91 Å². The van der Waals surface area contributed by atoms with Crippen molar-refractivity contribution in [2.24, 2.45) is 5.92 Å². The number of hydrogen-bond acceptors (Lipinski definition) is 2. The lowest BCUT2D eigenvalue weighted by molar-refractivity contribution is -0.123. The number of carbonyl (C=O) groups excluding carboxylic acids is 1. The Balaban J connectivity index is 2.07. The molecule has 1 saturated carbocycles. The van der Waals surface area contributed by atoms with E-state index in [0.717, 1.165) is 12.8 Å². The van der Waals surface area contributed by atoms with Crippen molar-refractivity contribution in [1.82, 2.24) is 5.32 Å². The van der Waals surface area contributed by atoms with Crippen LogP contribution in [0, 0.1) is 5.92 Å². The maximum atomic E-state index is 11.2. The molecule has 3 nitrogen and oxygen atoms in total. The SMILES string of the molecule is CCOCC(C)NC(=O)C1CC1. The van der Waals surface area contributed by atoms with Crippen molar-refractivity contribution in [3.63, 3.8) is 0 Å². The van der Waals surface area contributed by atoms with E-state index < -0.39 is 0 Å². The Labute approximate surface area is 73.5 Å². The van der Waals surface area contributed by atoms with Gasteiger partial charge in [0.05, 0.1) is 6.61 Å². The van der Waals surface area contributed by atoms with E-state index in [1.807, 2.05) is 13.8 Å². The van der Waals surface area contributed by atoms with Crippen LogP contribution in [0.25, 0.3) is 0 Å². The zero-order valence-electron chi connectivity index (χ0n) is 7.80. The van der Waals surface area contributed by atoms with Gasteiger partial charge in [-0.05, 0) is 26.7 Å². The fourth-order valence-electron chi connectivity index (χ4n) is 1.04. The molecule has 12 heavy (non-hydrogen) atoms. The molecule has 0 aromatic heterocycles. The Hall–Kier alpha value is -0.570. The van der Waals surface area contributed by atoms with Gasteiger partial charge in [0.15, 0.2) is 0 Å². The first-order valence-corrected chi connectivity index (χ1v) is 4.62. The highest BCUT2D eigenvalue weighted by atomic mass is 16.5. The first-order chi connectivity index (χ1) is 5.74. The highest BCUT2D eigenvalue weighted by Gasteiger charge is 2.30. The fraction of sp³-hybridized carbons (Fsp3) is 0.889. The average Bonchev–Trinajstić information content (AvgIpc) is 2.82. The van der Waals surface area contributed by atoms with Gasteiger partial charge in [0.2, 0.25) is 5.91 Å². The van der Waals surface area contributed by atoms with Crippen molar-refractivity contribution in [2.75, 3.05) is 13.2 Å². The quantitative estimate of drug-likeness (QED) is 0.668. The van der Waals surface area contributed by atoms with E-state index in [1.165, 1.54) is 0 Å². The van der Waals surface area contributed by atoms with Crippen LogP contribution < -0.4 is 5.32 Å². The second kappa shape index (κ2) is 4.45. The van der Waals surface area contributed by atoms with E-state index in [0.29, 0.717) is 19.1 Å². The molecule has 1 aliphatic carbocycles. The van der Waals surface area contributed by atoms with Gasteiger partial charge >= 0.3 is 0 Å². The Morgan fingerprint density at radius 3 is 2.83 bits per heavy atom. The number of rotatable bonds is 5. The lowest BCUT2D eigenvalue weighted by Crippen LogP contribution is -2.36. The summed E-state index contributed by atoms with van der Waals surface area (Å²) in [4.78, 5) is 11.2. The topological polar surface area (TPSA) is 38.3 Å². The standard InChI is InChI=1S/C9H17NO2/c1-3-12-6-7(2)10-9(11)8-4-5-8/h7-8H,3-6H2,1-2H3,(H,10,11). The Bertz CT molecular complexity index is 155. The minimum absolute atomic E-state index is 0.151. The molecule has 0 aliphatic heterocycles. The van der Waals surface area contributed by atoms with E-state index >= 15 is 0 Å². The highest BCUT2D eigenvalue weighted by molar-refractivity contribution is 5.81. The summed E-state index contributed by atoms with van der Waals surface area (Å²) >= 11 is 0. The Morgan fingerprint density at radius 1 is 1.67 bits per heavy atom.